The van der Waals surface area contributed by atoms with Crippen LogP contribution in [0.3, 0.4) is 0 Å². The molecule has 0 unspecified atom stereocenters. The second-order valence-electron chi connectivity index (χ2n) is 16.8. The van der Waals surface area contributed by atoms with Gasteiger partial charge in [-0.2, -0.15) is 0 Å². The largest absolute Gasteiger partial charge is 0.340 e. The Kier molecular flexibility index (Phi) is 15.7. The minimum Gasteiger partial charge on any atom is -0.340 e. The van der Waals surface area contributed by atoms with Gasteiger partial charge < -0.3 is 14.5 Å². The third kappa shape index (κ3) is 9.81. The molecule has 4 aromatic carbocycles. The first-order valence-corrected chi connectivity index (χ1v) is 22.6. The molecule has 8 nitrogen and oxygen atoms in total. The number of aryl methyl sites for hydroxylation is 3. The van der Waals surface area contributed by atoms with Crippen molar-refractivity contribution in [3.63, 3.8) is 0 Å². The summed E-state index contributed by atoms with van der Waals surface area (Å²) in [7, 11) is 1.76. The molecule has 3 aromatic heterocycles. The molecule has 0 atom stereocenters. The Morgan fingerprint density at radius 3 is 1.78 bits per heavy atom. The van der Waals surface area contributed by atoms with Crippen LogP contribution in [0.4, 0.5) is 5.69 Å². The number of nitrogens with zero attached hydrogens (tertiary/aromatic N) is 7. The third-order valence-corrected chi connectivity index (χ3v) is 12.7. The molecule has 8 heteroatoms. The lowest BCUT2D eigenvalue weighted by molar-refractivity contribution is -0.784. The summed E-state index contributed by atoms with van der Waals surface area (Å²) in [5.41, 5.74) is 21.9. The highest BCUT2D eigenvalue weighted by Gasteiger charge is 2.26. The van der Waals surface area contributed by atoms with Crippen LogP contribution in [0.1, 0.15) is 114 Å². The Balaban J connectivity index is 0.000000234. The van der Waals surface area contributed by atoms with Gasteiger partial charge in [0.1, 0.15) is 17.7 Å². The molecule has 0 amide bonds. The van der Waals surface area contributed by atoms with Crippen molar-refractivity contribution >= 4 is 23.4 Å². The monoisotopic (exact) mass is 856 g/mol. The van der Waals surface area contributed by atoms with E-state index in [0.717, 1.165) is 51.2 Å². The molecule has 0 aliphatic carbocycles. The highest BCUT2D eigenvalue weighted by molar-refractivity contribution is 6.13. The van der Waals surface area contributed by atoms with Crippen LogP contribution in [0.15, 0.2) is 108 Å². The Hall–Kier alpha value is -6.54. The van der Waals surface area contributed by atoms with E-state index in [1.54, 1.807) is 7.05 Å². The fourth-order valence-electron chi connectivity index (χ4n) is 8.25. The van der Waals surface area contributed by atoms with Crippen LogP contribution in [0.25, 0.3) is 34.5 Å². The van der Waals surface area contributed by atoms with Gasteiger partial charge in [0.05, 0.1) is 11.3 Å². The third-order valence-electron chi connectivity index (χ3n) is 12.7. The van der Waals surface area contributed by atoms with E-state index in [1.165, 1.54) is 67.4 Å². The van der Waals surface area contributed by atoms with Gasteiger partial charge in [-0.15, -0.1) is 9.36 Å². The quantitative estimate of drug-likeness (QED) is 0.0940. The first-order valence-electron chi connectivity index (χ1n) is 22.6. The number of anilines is 1. The van der Waals surface area contributed by atoms with E-state index < -0.39 is 0 Å². The molecule has 0 radical (unpaired) electrons. The molecule has 0 fully saturated rings. The number of hydrogen-bond donors (Lipinski definition) is 1. The Morgan fingerprint density at radius 2 is 1.25 bits per heavy atom. The number of rotatable bonds is 8. The van der Waals surface area contributed by atoms with Gasteiger partial charge in [-0.25, -0.2) is 4.99 Å². The summed E-state index contributed by atoms with van der Waals surface area (Å²) in [6.45, 7) is 38.2. The van der Waals surface area contributed by atoms with E-state index in [0.29, 0.717) is 0 Å². The molecular weight excluding hydrogens is 785 g/mol. The highest BCUT2D eigenvalue weighted by atomic mass is 15.5. The fraction of sp³-hybridized carbons (Fsp3) is 0.321. The van der Waals surface area contributed by atoms with Crippen LogP contribution < -0.4 is 10.00 Å². The van der Waals surface area contributed by atoms with Gasteiger partial charge in [0.2, 0.25) is 0 Å². The van der Waals surface area contributed by atoms with Gasteiger partial charge in [-0.05, 0) is 183 Å². The van der Waals surface area contributed by atoms with E-state index >= 15 is 0 Å². The van der Waals surface area contributed by atoms with Crippen molar-refractivity contribution in [2.45, 2.75) is 117 Å². The number of aromatic nitrogens is 5. The van der Waals surface area contributed by atoms with Gasteiger partial charge in [0, 0.05) is 52.4 Å². The second kappa shape index (κ2) is 20.8. The smallest absolute Gasteiger partial charge is 0.308 e. The van der Waals surface area contributed by atoms with E-state index in [2.05, 4.69) is 198 Å². The van der Waals surface area contributed by atoms with Crippen LogP contribution in [0, 0.1) is 76.2 Å². The van der Waals surface area contributed by atoms with Crippen molar-refractivity contribution in [1.82, 2.24) is 18.8 Å². The van der Waals surface area contributed by atoms with Gasteiger partial charge in [-0.1, -0.05) is 75.0 Å². The number of aliphatic imine (C=N–C) groups is 2. The zero-order valence-corrected chi connectivity index (χ0v) is 41.7. The topological polar surface area (TPSA) is 68.3 Å². The van der Waals surface area contributed by atoms with Crippen LogP contribution in [-0.4, -0.2) is 37.5 Å². The lowest BCUT2D eigenvalue weighted by Crippen LogP contribution is -2.44. The maximum Gasteiger partial charge on any atom is 0.308 e. The minimum absolute atomic E-state index is 0.265. The molecule has 7 aromatic rings. The average molecular weight is 856 g/mol. The van der Waals surface area contributed by atoms with Crippen molar-refractivity contribution in [2.24, 2.45) is 9.98 Å². The van der Waals surface area contributed by atoms with Crippen LogP contribution >= 0.6 is 0 Å². The number of benzene rings is 4. The van der Waals surface area contributed by atoms with Gasteiger partial charge in [0.15, 0.2) is 0 Å². The van der Waals surface area contributed by atoms with Gasteiger partial charge in [0.25, 0.3) is 5.82 Å². The summed E-state index contributed by atoms with van der Waals surface area (Å²) in [5.74, 6) is 2.48. The lowest BCUT2D eigenvalue weighted by atomic mass is 10.0. The summed E-state index contributed by atoms with van der Waals surface area (Å²) >= 11 is 0. The molecule has 64 heavy (non-hydrogen) atoms. The summed E-state index contributed by atoms with van der Waals surface area (Å²) in [4.78, 5) is 13.8. The van der Waals surface area contributed by atoms with E-state index in [9.17, 15) is 0 Å². The molecule has 334 valence electrons. The SMILES string of the molecule is C=Cc1ccc(-c2nc[n+](C(C)C)n2-c2cc(-n3c(C)c(C)c(C)c3C)ccc2C)c(C)c1.CC.CN=C(C)N=C(Nc1cccc(-n2c(C)c(C)c(C)c2C)c1)c1ccccc1C. The molecule has 7 rings (SSSR count). The highest BCUT2D eigenvalue weighted by Crippen LogP contribution is 2.31. The van der Waals surface area contributed by atoms with E-state index in [-0.39, 0.29) is 6.04 Å². The molecule has 3 heterocycles. The zero-order valence-electron chi connectivity index (χ0n) is 41.7. The predicted molar refractivity (Wildman–Crippen MR) is 274 cm³/mol. The van der Waals surface area contributed by atoms with Crippen molar-refractivity contribution in [3.8, 4) is 28.5 Å². The van der Waals surface area contributed by atoms with Gasteiger partial charge >= 0.3 is 6.33 Å². The first kappa shape index (κ1) is 48.5. The number of amidine groups is 2. The average Bonchev–Trinajstić information content (AvgIpc) is 3.87. The van der Waals surface area contributed by atoms with Crippen LogP contribution in [0.5, 0.6) is 0 Å². The molecule has 0 saturated heterocycles. The van der Waals surface area contributed by atoms with Crippen molar-refractivity contribution in [3.05, 3.63) is 171 Å². The normalized spacial score (nSPS) is 11.6. The molecule has 0 spiro atoms. The van der Waals surface area contributed by atoms with E-state index in [4.69, 9.17) is 9.98 Å². The second-order valence-corrected chi connectivity index (χ2v) is 16.8. The molecule has 0 bridgehead atoms. The molecule has 0 aliphatic heterocycles. The summed E-state index contributed by atoms with van der Waals surface area (Å²) in [5, 5.41) is 3.53. The standard InChI is InChI=1S/C29H35N4.C25H30N4.C2H6/c1-10-25-12-14-27(20(5)15-25)29-30-17-31(18(2)3)33(29)28-16-26(13-11-19(28)4)32-23(8)21(6)22(7)24(32)9;1-16-11-8-9-14-24(16)25(27-21(6)26-7)28-22-12-10-13-23(15-22)29-19(4)17(2)18(3)20(29)5;1-2/h10-18H,1H2,2-9H3;8-15H,1-7H3,(H,26,27,28);1-2H3/q+1;;. The van der Waals surface area contributed by atoms with Crippen LogP contribution in [0.2, 0.25) is 0 Å². The number of nitrogens with one attached hydrogen (secondary N) is 1. The Morgan fingerprint density at radius 1 is 0.672 bits per heavy atom. The molecule has 1 N–H and O–H groups in total. The van der Waals surface area contributed by atoms with Gasteiger partial charge in [-0.3, -0.25) is 4.99 Å². The molecular formula is C56H71N8+. The predicted octanol–water partition coefficient (Wildman–Crippen LogP) is 13.6. The number of hydrogen-bond acceptors (Lipinski definition) is 2. The zero-order chi connectivity index (χ0) is 47.2. The Labute approximate surface area is 383 Å². The first-order chi connectivity index (χ1) is 30.5. The summed E-state index contributed by atoms with van der Waals surface area (Å²) in [6, 6.07) is 30.2. The maximum absolute atomic E-state index is 4.89. The van der Waals surface area contributed by atoms with Crippen molar-refractivity contribution in [2.75, 3.05) is 12.4 Å². The van der Waals surface area contributed by atoms with Crippen molar-refractivity contribution in [1.29, 1.82) is 0 Å². The summed E-state index contributed by atoms with van der Waals surface area (Å²) < 4.78 is 9.18. The van der Waals surface area contributed by atoms with Crippen molar-refractivity contribution < 1.29 is 4.68 Å². The Bertz CT molecular complexity index is 2800. The van der Waals surface area contributed by atoms with E-state index in [1.807, 2.05) is 45.3 Å². The minimum atomic E-state index is 0.265. The lowest BCUT2D eigenvalue weighted by Gasteiger charge is -2.16. The van der Waals surface area contributed by atoms with Crippen LogP contribution in [-0.2, 0) is 0 Å². The summed E-state index contributed by atoms with van der Waals surface area (Å²) in [6.07, 6.45) is 3.84. The fourth-order valence-corrected chi connectivity index (χ4v) is 8.25. The molecule has 0 aliphatic rings. The molecule has 0 saturated carbocycles. The maximum atomic E-state index is 4.89.